The molecule has 1 N–H and O–H groups in total. The van der Waals surface area contributed by atoms with Crippen molar-refractivity contribution in [2.24, 2.45) is 0 Å². The Kier molecular flexibility index (Phi) is 5.90. The van der Waals surface area contributed by atoms with E-state index in [4.69, 9.17) is 0 Å². The largest absolute Gasteiger partial charge is 0.507 e. The van der Waals surface area contributed by atoms with Crippen molar-refractivity contribution >= 4 is 17.4 Å². The second-order valence-corrected chi connectivity index (χ2v) is 7.27. The molecule has 0 spiro atoms. The molecule has 0 saturated carbocycles. The number of pyridine rings is 1. The number of likely N-dealkylation sites (tertiary alicyclic amines) is 1. The van der Waals surface area contributed by atoms with Crippen molar-refractivity contribution in [1.29, 1.82) is 0 Å². The zero-order valence-electron chi connectivity index (χ0n) is 16.4. The smallest absolute Gasteiger partial charge is 0.295 e. The third-order valence-corrected chi connectivity index (χ3v) is 4.84. The van der Waals surface area contributed by atoms with E-state index < -0.39 is 17.7 Å². The van der Waals surface area contributed by atoms with E-state index in [0.29, 0.717) is 24.2 Å². The molecule has 0 aliphatic carbocycles. The lowest BCUT2D eigenvalue weighted by Crippen LogP contribution is -2.32. The van der Waals surface area contributed by atoms with E-state index in [1.807, 2.05) is 44.1 Å². The maximum absolute atomic E-state index is 12.8. The average Bonchev–Trinajstić information content (AvgIpc) is 2.93. The van der Waals surface area contributed by atoms with Gasteiger partial charge < -0.3 is 14.9 Å². The molecule has 6 nitrogen and oxygen atoms in total. The molecule has 1 saturated heterocycles. The topological polar surface area (TPSA) is 73.7 Å². The van der Waals surface area contributed by atoms with Crippen molar-refractivity contribution < 1.29 is 14.7 Å². The molecule has 1 aromatic heterocycles. The van der Waals surface area contributed by atoms with Crippen molar-refractivity contribution in [2.75, 3.05) is 27.2 Å². The van der Waals surface area contributed by atoms with Crippen molar-refractivity contribution in [3.63, 3.8) is 0 Å². The van der Waals surface area contributed by atoms with Crippen LogP contribution < -0.4 is 0 Å². The highest BCUT2D eigenvalue weighted by molar-refractivity contribution is 6.46. The molecule has 1 aliphatic rings. The average molecular weight is 379 g/mol. The molecule has 2 heterocycles. The van der Waals surface area contributed by atoms with E-state index in [9.17, 15) is 14.7 Å². The Morgan fingerprint density at radius 2 is 1.86 bits per heavy atom. The van der Waals surface area contributed by atoms with Crippen molar-refractivity contribution in [3.05, 3.63) is 71.1 Å². The summed E-state index contributed by atoms with van der Waals surface area (Å²) in [5.41, 5.74) is 2.22. The number of benzene rings is 1. The normalized spacial score (nSPS) is 18.9. The van der Waals surface area contributed by atoms with Crippen LogP contribution in [-0.2, 0) is 9.59 Å². The van der Waals surface area contributed by atoms with E-state index in [1.165, 1.54) is 4.90 Å². The highest BCUT2D eigenvalue weighted by Gasteiger charge is 2.46. The Bertz CT molecular complexity index is 889. The minimum atomic E-state index is -0.690. The molecule has 3 rings (SSSR count). The Morgan fingerprint density at radius 1 is 1.14 bits per heavy atom. The van der Waals surface area contributed by atoms with E-state index in [0.717, 1.165) is 12.1 Å². The number of hydrogen-bond acceptors (Lipinski definition) is 5. The molecule has 1 aliphatic heterocycles. The maximum Gasteiger partial charge on any atom is 0.295 e. The monoisotopic (exact) mass is 379 g/mol. The van der Waals surface area contributed by atoms with Crippen molar-refractivity contribution in [1.82, 2.24) is 14.8 Å². The molecule has 1 unspecified atom stereocenters. The van der Waals surface area contributed by atoms with E-state index in [-0.39, 0.29) is 11.3 Å². The van der Waals surface area contributed by atoms with Crippen LogP contribution in [0.1, 0.15) is 29.3 Å². The van der Waals surface area contributed by atoms with Gasteiger partial charge in [-0.05, 0) is 46.1 Å². The molecule has 6 heteroatoms. The summed E-state index contributed by atoms with van der Waals surface area (Å²) in [5, 5.41) is 10.9. The molecule has 1 amide bonds. The summed E-state index contributed by atoms with van der Waals surface area (Å²) in [6, 6.07) is 11.9. The highest BCUT2D eigenvalue weighted by atomic mass is 16.3. The van der Waals surface area contributed by atoms with Gasteiger partial charge in [-0.3, -0.25) is 14.6 Å². The molecular formula is C22H25N3O3. The number of rotatable bonds is 6. The van der Waals surface area contributed by atoms with E-state index >= 15 is 0 Å². The van der Waals surface area contributed by atoms with Gasteiger partial charge in [-0.2, -0.15) is 0 Å². The summed E-state index contributed by atoms with van der Waals surface area (Å²) in [6.45, 7) is 3.14. The molecule has 2 aromatic rings. The summed E-state index contributed by atoms with van der Waals surface area (Å²) in [4.78, 5) is 33.5. The lowest BCUT2D eigenvalue weighted by atomic mass is 9.98. The second kappa shape index (κ2) is 8.35. The number of aryl methyl sites for hydroxylation is 1. The van der Waals surface area contributed by atoms with Crippen molar-refractivity contribution in [3.8, 4) is 0 Å². The Hall–Kier alpha value is -2.99. The number of amides is 1. The summed E-state index contributed by atoms with van der Waals surface area (Å²) < 4.78 is 0. The van der Waals surface area contributed by atoms with Crippen LogP contribution in [0.25, 0.3) is 5.76 Å². The van der Waals surface area contributed by atoms with Crippen LogP contribution in [0.15, 0.2) is 54.2 Å². The van der Waals surface area contributed by atoms with E-state index in [2.05, 4.69) is 4.98 Å². The zero-order chi connectivity index (χ0) is 20.3. The van der Waals surface area contributed by atoms with Gasteiger partial charge in [0.25, 0.3) is 11.7 Å². The number of aliphatic hydroxyl groups excluding tert-OH is 1. The van der Waals surface area contributed by atoms with Gasteiger partial charge in [0.2, 0.25) is 0 Å². The van der Waals surface area contributed by atoms with Crippen LogP contribution in [0.5, 0.6) is 0 Å². The standard InChI is InChI=1S/C22H25N3O3/c1-15-8-10-16(11-9-15)20(26)18-19(17-7-4-5-12-23-17)25(22(28)21(18)27)14-6-13-24(2)3/h4-5,7-12,19,26H,6,13-14H2,1-3H3. The third-order valence-electron chi connectivity index (χ3n) is 4.84. The first kappa shape index (κ1) is 19.8. The van der Waals surface area contributed by atoms with Gasteiger partial charge in [0.1, 0.15) is 11.8 Å². The number of aromatic nitrogens is 1. The quantitative estimate of drug-likeness (QED) is 0.475. The first-order chi connectivity index (χ1) is 13.4. The second-order valence-electron chi connectivity index (χ2n) is 7.27. The number of nitrogens with zero attached hydrogens (tertiary/aromatic N) is 3. The maximum atomic E-state index is 12.8. The predicted molar refractivity (Wildman–Crippen MR) is 108 cm³/mol. The van der Waals surface area contributed by atoms with Gasteiger partial charge >= 0.3 is 0 Å². The number of ketones is 1. The third kappa shape index (κ3) is 3.97. The minimum absolute atomic E-state index is 0.0948. The van der Waals surface area contributed by atoms with Crippen LogP contribution >= 0.6 is 0 Å². The zero-order valence-corrected chi connectivity index (χ0v) is 16.4. The Morgan fingerprint density at radius 3 is 2.46 bits per heavy atom. The van der Waals surface area contributed by atoms with E-state index in [1.54, 1.807) is 30.5 Å². The molecule has 1 atom stereocenters. The van der Waals surface area contributed by atoms with Crippen LogP contribution in [0.3, 0.4) is 0 Å². The molecule has 146 valence electrons. The van der Waals surface area contributed by atoms with Gasteiger partial charge in [-0.15, -0.1) is 0 Å². The first-order valence-electron chi connectivity index (χ1n) is 9.31. The molecule has 1 aromatic carbocycles. The molecule has 0 radical (unpaired) electrons. The van der Waals surface area contributed by atoms with Crippen molar-refractivity contribution in [2.45, 2.75) is 19.4 Å². The van der Waals surface area contributed by atoms with Crippen LogP contribution in [-0.4, -0.2) is 58.8 Å². The highest BCUT2D eigenvalue weighted by Crippen LogP contribution is 2.38. The summed E-state index contributed by atoms with van der Waals surface area (Å²) in [6.07, 6.45) is 2.34. The summed E-state index contributed by atoms with van der Waals surface area (Å²) >= 11 is 0. The van der Waals surface area contributed by atoms with Gasteiger partial charge in [0.05, 0.1) is 11.3 Å². The predicted octanol–water partition coefficient (Wildman–Crippen LogP) is 2.76. The Balaban J connectivity index is 2.06. The summed E-state index contributed by atoms with van der Waals surface area (Å²) in [7, 11) is 3.92. The van der Waals surface area contributed by atoms with Crippen LogP contribution in [0, 0.1) is 6.92 Å². The fraction of sp³-hybridized carbons (Fsp3) is 0.318. The molecule has 1 fully saturated rings. The number of Topliss-reactive ketones (excluding diaryl/α,β-unsaturated/α-hetero) is 1. The van der Waals surface area contributed by atoms with Gasteiger partial charge in [0.15, 0.2) is 0 Å². The lowest BCUT2D eigenvalue weighted by molar-refractivity contribution is -0.140. The van der Waals surface area contributed by atoms with Gasteiger partial charge in [0, 0.05) is 18.3 Å². The summed E-state index contributed by atoms with van der Waals surface area (Å²) in [5.74, 6) is -1.43. The van der Waals surface area contributed by atoms with Gasteiger partial charge in [-0.25, -0.2) is 0 Å². The number of hydrogen-bond donors (Lipinski definition) is 1. The fourth-order valence-electron chi connectivity index (χ4n) is 3.38. The Labute approximate surface area is 165 Å². The van der Waals surface area contributed by atoms with Crippen LogP contribution in [0.2, 0.25) is 0 Å². The first-order valence-corrected chi connectivity index (χ1v) is 9.31. The number of carbonyl (C=O) groups is 2. The molecule has 28 heavy (non-hydrogen) atoms. The van der Waals surface area contributed by atoms with Gasteiger partial charge in [-0.1, -0.05) is 35.9 Å². The SMILES string of the molecule is Cc1ccc(C(O)=C2C(=O)C(=O)N(CCCN(C)C)C2c2ccccn2)cc1. The fourth-order valence-corrected chi connectivity index (χ4v) is 3.38. The van der Waals surface area contributed by atoms with Crippen LogP contribution in [0.4, 0.5) is 0 Å². The molecular weight excluding hydrogens is 354 g/mol. The lowest BCUT2D eigenvalue weighted by Gasteiger charge is -2.25. The minimum Gasteiger partial charge on any atom is -0.507 e. The molecule has 0 bridgehead atoms. The number of carbonyl (C=O) groups excluding carboxylic acids is 2. The number of aliphatic hydroxyl groups is 1.